The molecule has 2 aliphatic rings. The minimum absolute atomic E-state index is 0.0371. The summed E-state index contributed by atoms with van der Waals surface area (Å²) in [4.78, 5) is 11.0. The Balaban J connectivity index is 2.22. The van der Waals surface area contributed by atoms with Gasteiger partial charge < -0.3 is 5.11 Å². The molecule has 2 aliphatic carbocycles. The molecule has 0 heterocycles. The number of carbonyl (C=O) groups is 1. The van der Waals surface area contributed by atoms with Crippen molar-refractivity contribution in [2.24, 2.45) is 5.92 Å². The number of aliphatic hydroxyl groups is 1. The van der Waals surface area contributed by atoms with Crippen molar-refractivity contribution >= 4 is 5.78 Å². The zero-order chi connectivity index (χ0) is 10.7. The fourth-order valence-electron chi connectivity index (χ4n) is 1.66. The standard InChI is InChI=1S/C13H12O2/c14-12-8-7-11(9-13(12)15)10-5-3-1-2-4-6-10/h1-5,7-9,11,15H,6H2. The number of hydrogen-bond acceptors (Lipinski definition) is 2. The predicted molar refractivity (Wildman–Crippen MR) is 59.3 cm³/mol. The minimum atomic E-state index is -0.313. The molecule has 15 heavy (non-hydrogen) atoms. The van der Waals surface area contributed by atoms with E-state index in [2.05, 4.69) is 6.08 Å². The van der Waals surface area contributed by atoms with E-state index in [4.69, 9.17) is 0 Å². The molecule has 0 saturated carbocycles. The lowest BCUT2D eigenvalue weighted by Crippen LogP contribution is -2.09. The molecule has 2 rings (SSSR count). The fraction of sp³-hybridized carbons (Fsp3) is 0.154. The van der Waals surface area contributed by atoms with E-state index in [0.717, 1.165) is 6.42 Å². The average Bonchev–Trinajstić information content (AvgIpc) is 2.50. The van der Waals surface area contributed by atoms with Crippen LogP contribution in [0.5, 0.6) is 0 Å². The predicted octanol–water partition coefficient (Wildman–Crippen LogP) is 2.63. The van der Waals surface area contributed by atoms with Crippen molar-refractivity contribution in [3.63, 3.8) is 0 Å². The number of rotatable bonds is 1. The van der Waals surface area contributed by atoms with Crippen molar-refractivity contribution in [3.05, 3.63) is 59.9 Å². The first-order valence-corrected chi connectivity index (χ1v) is 4.93. The Kier molecular flexibility index (Phi) is 2.68. The Hall–Kier alpha value is -1.83. The number of hydrogen-bond donors (Lipinski definition) is 1. The lowest BCUT2D eigenvalue weighted by Gasteiger charge is -2.14. The molecule has 0 aromatic carbocycles. The molecule has 0 aromatic rings. The summed E-state index contributed by atoms with van der Waals surface area (Å²) >= 11 is 0. The maximum Gasteiger partial charge on any atom is 0.219 e. The molecule has 1 N–H and O–H groups in total. The summed E-state index contributed by atoms with van der Waals surface area (Å²) in [6.45, 7) is 0. The monoisotopic (exact) mass is 200 g/mol. The summed E-state index contributed by atoms with van der Waals surface area (Å²) in [5, 5.41) is 9.35. The van der Waals surface area contributed by atoms with E-state index in [-0.39, 0.29) is 17.5 Å². The molecule has 76 valence electrons. The highest BCUT2D eigenvalue weighted by Crippen LogP contribution is 2.24. The molecular formula is C13H12O2. The van der Waals surface area contributed by atoms with Gasteiger partial charge in [0.1, 0.15) is 0 Å². The average molecular weight is 200 g/mol. The first-order chi connectivity index (χ1) is 7.27. The molecule has 0 fully saturated rings. The summed E-state index contributed by atoms with van der Waals surface area (Å²) in [6, 6.07) is 0. The summed E-state index contributed by atoms with van der Waals surface area (Å²) < 4.78 is 0. The van der Waals surface area contributed by atoms with Crippen molar-refractivity contribution in [3.8, 4) is 0 Å². The van der Waals surface area contributed by atoms with Gasteiger partial charge in [0.15, 0.2) is 5.76 Å². The summed E-state index contributed by atoms with van der Waals surface area (Å²) in [7, 11) is 0. The normalized spacial score (nSPS) is 24.8. The lowest BCUT2D eigenvalue weighted by molar-refractivity contribution is -0.113. The van der Waals surface area contributed by atoms with E-state index < -0.39 is 0 Å². The summed E-state index contributed by atoms with van der Waals surface area (Å²) in [5.74, 6) is -0.428. The van der Waals surface area contributed by atoms with E-state index in [1.54, 1.807) is 6.08 Å². The van der Waals surface area contributed by atoms with E-state index >= 15 is 0 Å². The number of ketones is 1. The third-order valence-corrected chi connectivity index (χ3v) is 2.50. The van der Waals surface area contributed by atoms with E-state index in [9.17, 15) is 9.90 Å². The van der Waals surface area contributed by atoms with Crippen LogP contribution >= 0.6 is 0 Å². The quantitative estimate of drug-likeness (QED) is 0.706. The Morgan fingerprint density at radius 3 is 2.93 bits per heavy atom. The second-order valence-corrected chi connectivity index (χ2v) is 3.56. The van der Waals surface area contributed by atoms with Crippen LogP contribution in [0.15, 0.2) is 59.9 Å². The van der Waals surface area contributed by atoms with Crippen LogP contribution in [0.4, 0.5) is 0 Å². The van der Waals surface area contributed by atoms with Crippen molar-refractivity contribution in [1.29, 1.82) is 0 Å². The zero-order valence-corrected chi connectivity index (χ0v) is 8.26. The van der Waals surface area contributed by atoms with Gasteiger partial charge in [-0.3, -0.25) is 4.79 Å². The van der Waals surface area contributed by atoms with Gasteiger partial charge >= 0.3 is 0 Å². The SMILES string of the molecule is O=C1C=CC(C2=CC=CC=CC2)C=C1O. The molecule has 2 heteroatoms. The van der Waals surface area contributed by atoms with E-state index in [0.29, 0.717) is 0 Å². The maximum absolute atomic E-state index is 11.0. The first-order valence-electron chi connectivity index (χ1n) is 4.93. The lowest BCUT2D eigenvalue weighted by atomic mass is 9.91. The Bertz CT molecular complexity index is 420. The van der Waals surface area contributed by atoms with Crippen LogP contribution in [0.25, 0.3) is 0 Å². The second kappa shape index (κ2) is 4.13. The van der Waals surface area contributed by atoms with Gasteiger partial charge in [0.2, 0.25) is 5.78 Å². The van der Waals surface area contributed by atoms with Gasteiger partial charge in [0.25, 0.3) is 0 Å². The second-order valence-electron chi connectivity index (χ2n) is 3.56. The molecule has 0 spiro atoms. The van der Waals surface area contributed by atoms with Crippen molar-refractivity contribution in [2.75, 3.05) is 0 Å². The van der Waals surface area contributed by atoms with Crippen molar-refractivity contribution in [1.82, 2.24) is 0 Å². The minimum Gasteiger partial charge on any atom is -0.504 e. The third-order valence-electron chi connectivity index (χ3n) is 2.50. The van der Waals surface area contributed by atoms with Gasteiger partial charge in [-0.25, -0.2) is 0 Å². The number of allylic oxidation sites excluding steroid dienone is 9. The molecule has 0 aromatic heterocycles. The van der Waals surface area contributed by atoms with Gasteiger partial charge in [-0.1, -0.05) is 42.0 Å². The highest BCUT2D eigenvalue weighted by atomic mass is 16.3. The van der Waals surface area contributed by atoms with Crippen LogP contribution in [0.2, 0.25) is 0 Å². The molecule has 0 saturated heterocycles. The van der Waals surface area contributed by atoms with Crippen molar-refractivity contribution in [2.45, 2.75) is 6.42 Å². The van der Waals surface area contributed by atoms with Crippen LogP contribution in [0, 0.1) is 5.92 Å². The molecular weight excluding hydrogens is 188 g/mol. The smallest absolute Gasteiger partial charge is 0.219 e. The van der Waals surface area contributed by atoms with Gasteiger partial charge in [0.05, 0.1) is 0 Å². The van der Waals surface area contributed by atoms with E-state index in [1.807, 2.05) is 30.4 Å². The highest BCUT2D eigenvalue weighted by Gasteiger charge is 2.16. The molecule has 0 amide bonds. The highest BCUT2D eigenvalue weighted by molar-refractivity contribution is 6.03. The number of aliphatic hydroxyl groups excluding tert-OH is 1. The van der Waals surface area contributed by atoms with Crippen LogP contribution in [0.3, 0.4) is 0 Å². The number of carbonyl (C=O) groups excluding carboxylic acids is 1. The van der Waals surface area contributed by atoms with Gasteiger partial charge in [0, 0.05) is 5.92 Å². The molecule has 1 unspecified atom stereocenters. The Morgan fingerprint density at radius 1 is 1.27 bits per heavy atom. The largest absolute Gasteiger partial charge is 0.504 e. The van der Waals surface area contributed by atoms with E-state index in [1.165, 1.54) is 11.6 Å². The van der Waals surface area contributed by atoms with Crippen LogP contribution in [-0.2, 0) is 4.79 Å². The van der Waals surface area contributed by atoms with Crippen LogP contribution in [0.1, 0.15) is 6.42 Å². The van der Waals surface area contributed by atoms with Gasteiger partial charge in [-0.2, -0.15) is 0 Å². The van der Waals surface area contributed by atoms with Gasteiger partial charge in [-0.05, 0) is 18.6 Å². The molecule has 2 nitrogen and oxygen atoms in total. The maximum atomic E-state index is 11.0. The fourth-order valence-corrected chi connectivity index (χ4v) is 1.66. The van der Waals surface area contributed by atoms with Crippen LogP contribution < -0.4 is 0 Å². The molecule has 0 bridgehead atoms. The first kappa shape index (κ1) is 9.71. The third kappa shape index (κ3) is 2.15. The van der Waals surface area contributed by atoms with Crippen LogP contribution in [-0.4, -0.2) is 10.9 Å². The topological polar surface area (TPSA) is 37.3 Å². The Morgan fingerprint density at radius 2 is 2.13 bits per heavy atom. The molecule has 1 atom stereocenters. The summed E-state index contributed by atoms with van der Waals surface area (Å²) in [6.07, 6.45) is 15.7. The molecule has 0 radical (unpaired) electrons. The van der Waals surface area contributed by atoms with Crippen molar-refractivity contribution < 1.29 is 9.90 Å². The zero-order valence-electron chi connectivity index (χ0n) is 8.26. The molecule has 0 aliphatic heterocycles. The summed E-state index contributed by atoms with van der Waals surface area (Å²) in [5.41, 5.74) is 1.18. The van der Waals surface area contributed by atoms with Gasteiger partial charge in [-0.15, -0.1) is 0 Å². The Labute approximate surface area is 88.6 Å².